The van der Waals surface area contributed by atoms with Crippen molar-refractivity contribution in [1.82, 2.24) is 5.32 Å². The molecule has 0 aliphatic rings. The molecule has 0 atom stereocenters. The number of aryl methyl sites for hydroxylation is 1. The molecule has 1 heterocycles. The lowest BCUT2D eigenvalue weighted by atomic mass is 10.1. The summed E-state index contributed by atoms with van der Waals surface area (Å²) in [5.41, 5.74) is 2.26. The summed E-state index contributed by atoms with van der Waals surface area (Å²) < 4.78 is 5.55. The van der Waals surface area contributed by atoms with Gasteiger partial charge in [0.2, 0.25) is 0 Å². The van der Waals surface area contributed by atoms with Gasteiger partial charge in [-0.05, 0) is 24.1 Å². The summed E-state index contributed by atoms with van der Waals surface area (Å²) in [5.74, 6) is -1.05. The van der Waals surface area contributed by atoms with Crippen molar-refractivity contribution in [1.29, 1.82) is 0 Å². The van der Waals surface area contributed by atoms with Gasteiger partial charge in [0.1, 0.15) is 4.34 Å². The number of carbonyl (C=O) groups is 2. The Morgan fingerprint density at radius 3 is 2.64 bits per heavy atom. The molecule has 1 amide bonds. The molecule has 1 aromatic carbocycles. The van der Waals surface area contributed by atoms with Crippen LogP contribution in [-0.4, -0.2) is 18.5 Å². The number of hydrogen-bond donors (Lipinski definition) is 1. The van der Waals surface area contributed by atoms with Gasteiger partial charge < -0.3 is 10.1 Å². The lowest BCUT2D eigenvalue weighted by Crippen LogP contribution is -2.28. The minimum Gasteiger partial charge on any atom is -0.452 e. The largest absolute Gasteiger partial charge is 0.452 e. The molecular weight excluding hydrogens is 345 g/mol. The Bertz CT molecular complexity index is 700. The van der Waals surface area contributed by atoms with Gasteiger partial charge in [-0.2, -0.15) is 0 Å². The van der Waals surface area contributed by atoms with Gasteiger partial charge in [-0.15, -0.1) is 11.3 Å². The van der Waals surface area contributed by atoms with Crippen molar-refractivity contribution < 1.29 is 14.3 Å². The number of nitrogens with one attached hydrogen (secondary N) is 1. The highest BCUT2D eigenvalue weighted by atomic mass is 35.5. The molecule has 0 radical (unpaired) electrons. The molecule has 1 N–H and O–H groups in total. The van der Waals surface area contributed by atoms with Crippen LogP contribution in [-0.2, 0) is 16.1 Å². The Morgan fingerprint density at radius 2 is 2.00 bits per heavy atom. The zero-order chi connectivity index (χ0) is 16.1. The average molecular weight is 358 g/mol. The quantitative estimate of drug-likeness (QED) is 0.827. The zero-order valence-corrected chi connectivity index (χ0v) is 14.0. The second-order valence-electron chi connectivity index (χ2n) is 4.52. The number of esters is 1. The first-order chi connectivity index (χ1) is 10.5. The Labute approximate surface area is 142 Å². The SMILES string of the molecule is Cc1ccccc1CNC(=O)COC(=O)c1cc(Cl)sc1Cl. The van der Waals surface area contributed by atoms with Gasteiger partial charge in [-0.25, -0.2) is 4.79 Å². The third kappa shape index (κ3) is 4.47. The minimum atomic E-state index is -0.667. The smallest absolute Gasteiger partial charge is 0.341 e. The van der Waals surface area contributed by atoms with E-state index in [4.69, 9.17) is 27.9 Å². The molecule has 7 heteroatoms. The maximum atomic E-state index is 11.8. The molecule has 2 rings (SSSR count). The van der Waals surface area contributed by atoms with Gasteiger partial charge in [0.05, 0.1) is 9.90 Å². The van der Waals surface area contributed by atoms with E-state index < -0.39 is 5.97 Å². The summed E-state index contributed by atoms with van der Waals surface area (Å²) in [6, 6.07) is 9.13. The summed E-state index contributed by atoms with van der Waals surface area (Å²) in [4.78, 5) is 23.5. The third-order valence-corrected chi connectivity index (χ3v) is 4.44. The summed E-state index contributed by atoms with van der Waals surface area (Å²) in [6.45, 7) is 1.98. The van der Waals surface area contributed by atoms with Crippen molar-refractivity contribution in [3.05, 3.63) is 55.7 Å². The molecule has 2 aromatic rings. The van der Waals surface area contributed by atoms with E-state index in [1.165, 1.54) is 6.07 Å². The van der Waals surface area contributed by atoms with Gasteiger partial charge in [-0.1, -0.05) is 47.5 Å². The fourth-order valence-electron chi connectivity index (χ4n) is 1.74. The molecular formula is C15H13Cl2NO3S. The van der Waals surface area contributed by atoms with Crippen molar-refractivity contribution in [2.75, 3.05) is 6.61 Å². The standard InChI is InChI=1S/C15H13Cl2NO3S/c1-9-4-2-3-5-10(9)7-18-13(19)8-21-15(20)11-6-12(16)22-14(11)17/h2-6H,7-8H2,1H3,(H,18,19). The van der Waals surface area contributed by atoms with E-state index in [0.717, 1.165) is 22.5 Å². The van der Waals surface area contributed by atoms with E-state index in [9.17, 15) is 9.59 Å². The van der Waals surface area contributed by atoms with Crippen LogP contribution in [0, 0.1) is 6.92 Å². The number of hydrogen-bond acceptors (Lipinski definition) is 4. The molecule has 1 aromatic heterocycles. The van der Waals surface area contributed by atoms with Gasteiger partial charge in [0, 0.05) is 6.54 Å². The number of carbonyl (C=O) groups excluding carboxylic acids is 2. The number of halogens is 2. The number of rotatable bonds is 5. The molecule has 0 bridgehead atoms. The van der Waals surface area contributed by atoms with Crippen LogP contribution in [0.3, 0.4) is 0 Å². The van der Waals surface area contributed by atoms with Crippen molar-refractivity contribution >= 4 is 46.4 Å². The second-order valence-corrected chi connectivity index (χ2v) is 6.80. The first kappa shape index (κ1) is 16.8. The van der Waals surface area contributed by atoms with Gasteiger partial charge in [-0.3, -0.25) is 4.79 Å². The fourth-order valence-corrected chi connectivity index (χ4v) is 3.18. The van der Waals surface area contributed by atoms with Crippen molar-refractivity contribution in [2.24, 2.45) is 0 Å². The lowest BCUT2D eigenvalue weighted by Gasteiger charge is -2.08. The first-order valence-corrected chi connectivity index (χ1v) is 7.98. The monoisotopic (exact) mass is 357 g/mol. The van der Waals surface area contributed by atoms with Crippen LogP contribution in [0.2, 0.25) is 8.67 Å². The summed E-state index contributed by atoms with van der Waals surface area (Å²) in [5, 5.41) is 2.69. The molecule has 0 spiro atoms. The van der Waals surface area contributed by atoms with E-state index in [-0.39, 0.29) is 22.4 Å². The van der Waals surface area contributed by atoms with Crippen molar-refractivity contribution in [2.45, 2.75) is 13.5 Å². The molecule has 0 aliphatic heterocycles. The number of thiophene rings is 1. The predicted molar refractivity (Wildman–Crippen MR) is 87.6 cm³/mol. The maximum Gasteiger partial charge on any atom is 0.341 e. The number of benzene rings is 1. The molecule has 22 heavy (non-hydrogen) atoms. The number of ether oxygens (including phenoxy) is 1. The van der Waals surface area contributed by atoms with Gasteiger partial charge in [0.15, 0.2) is 6.61 Å². The fraction of sp³-hybridized carbons (Fsp3) is 0.200. The van der Waals surface area contributed by atoms with E-state index in [1.54, 1.807) is 0 Å². The summed E-state index contributed by atoms with van der Waals surface area (Å²) in [6.07, 6.45) is 0. The molecule has 0 saturated heterocycles. The van der Waals surface area contributed by atoms with Crippen LogP contribution in [0.15, 0.2) is 30.3 Å². The highest BCUT2D eigenvalue weighted by molar-refractivity contribution is 7.20. The highest BCUT2D eigenvalue weighted by Crippen LogP contribution is 2.31. The highest BCUT2D eigenvalue weighted by Gasteiger charge is 2.16. The summed E-state index contributed by atoms with van der Waals surface area (Å²) in [7, 11) is 0. The minimum absolute atomic E-state index is 0.170. The van der Waals surface area contributed by atoms with Crippen molar-refractivity contribution in [3.63, 3.8) is 0 Å². The van der Waals surface area contributed by atoms with Crippen LogP contribution in [0.4, 0.5) is 0 Å². The van der Waals surface area contributed by atoms with E-state index >= 15 is 0 Å². The molecule has 0 fully saturated rings. The molecule has 116 valence electrons. The molecule has 0 aliphatic carbocycles. The van der Waals surface area contributed by atoms with Crippen LogP contribution in [0.25, 0.3) is 0 Å². The predicted octanol–water partition coefficient (Wildman–Crippen LogP) is 3.84. The Morgan fingerprint density at radius 1 is 1.27 bits per heavy atom. The Kier molecular flexibility index (Phi) is 5.83. The second kappa shape index (κ2) is 7.63. The Hall–Kier alpha value is -1.56. The van der Waals surface area contributed by atoms with E-state index in [1.807, 2.05) is 31.2 Å². The normalized spacial score (nSPS) is 10.3. The molecule has 4 nitrogen and oxygen atoms in total. The van der Waals surface area contributed by atoms with E-state index in [0.29, 0.717) is 10.9 Å². The molecule has 0 saturated carbocycles. The lowest BCUT2D eigenvalue weighted by molar-refractivity contribution is -0.124. The van der Waals surface area contributed by atoms with Gasteiger partial charge in [0.25, 0.3) is 5.91 Å². The van der Waals surface area contributed by atoms with Gasteiger partial charge >= 0.3 is 5.97 Å². The number of amides is 1. The first-order valence-electron chi connectivity index (χ1n) is 6.40. The maximum absolute atomic E-state index is 11.8. The topological polar surface area (TPSA) is 55.4 Å². The van der Waals surface area contributed by atoms with E-state index in [2.05, 4.69) is 5.32 Å². The molecule has 0 unspecified atom stereocenters. The van der Waals surface area contributed by atoms with Crippen LogP contribution in [0.1, 0.15) is 21.5 Å². The van der Waals surface area contributed by atoms with Crippen LogP contribution in [0.5, 0.6) is 0 Å². The third-order valence-electron chi connectivity index (χ3n) is 2.95. The van der Waals surface area contributed by atoms with Crippen molar-refractivity contribution in [3.8, 4) is 0 Å². The van der Waals surface area contributed by atoms with Crippen LogP contribution < -0.4 is 5.32 Å². The Balaban J connectivity index is 1.82. The van der Waals surface area contributed by atoms with Crippen LogP contribution >= 0.6 is 34.5 Å². The average Bonchev–Trinajstić information content (AvgIpc) is 2.82. The summed E-state index contributed by atoms with van der Waals surface area (Å²) >= 11 is 12.7. The zero-order valence-electron chi connectivity index (χ0n) is 11.7.